The van der Waals surface area contributed by atoms with Crippen LogP contribution in [0.2, 0.25) is 0 Å². The van der Waals surface area contributed by atoms with Crippen LogP contribution < -0.4 is 4.74 Å². The lowest BCUT2D eigenvalue weighted by Gasteiger charge is -2.41. The molecule has 1 aliphatic heterocycles. The van der Waals surface area contributed by atoms with Crippen molar-refractivity contribution in [3.05, 3.63) is 251 Å². The van der Waals surface area contributed by atoms with Crippen molar-refractivity contribution in [2.45, 2.75) is 10.8 Å². The zero-order valence-corrected chi connectivity index (χ0v) is 30.0. The van der Waals surface area contributed by atoms with E-state index in [0.29, 0.717) is 0 Å². The standard InChI is InChI=1S/C54H34O/c1-2-18-37(19-3-1)53(45-26-9-8-24-43(45)44-33-32-35-16-4-5-21-39(35)51(44)53)38-20-14-17-36(34-38)40-25-15-31-50-52(40)54(48-29-12-13-30-49(48)55-50)46-27-10-6-22-41(46)42-23-7-11-28-47(42)54/h1-34H. The Labute approximate surface area is 320 Å². The first-order chi connectivity index (χ1) is 27.3. The van der Waals surface area contributed by atoms with Gasteiger partial charge in [0.15, 0.2) is 0 Å². The second kappa shape index (κ2) is 11.3. The molecule has 0 N–H and O–H groups in total. The van der Waals surface area contributed by atoms with Gasteiger partial charge < -0.3 is 4.74 Å². The normalized spacial score (nSPS) is 16.4. The maximum atomic E-state index is 6.92. The van der Waals surface area contributed by atoms with Crippen molar-refractivity contribution in [1.82, 2.24) is 0 Å². The van der Waals surface area contributed by atoms with Gasteiger partial charge in [-0.1, -0.05) is 188 Å². The van der Waals surface area contributed by atoms with E-state index >= 15 is 0 Å². The van der Waals surface area contributed by atoms with Gasteiger partial charge in [0.2, 0.25) is 0 Å². The molecule has 1 nitrogen and oxygen atoms in total. The van der Waals surface area contributed by atoms with Gasteiger partial charge in [0.1, 0.15) is 11.5 Å². The largest absolute Gasteiger partial charge is 0.457 e. The highest BCUT2D eigenvalue weighted by Crippen LogP contribution is 2.64. The first-order valence-electron chi connectivity index (χ1n) is 19.2. The van der Waals surface area contributed by atoms with E-state index in [1.54, 1.807) is 0 Å². The lowest BCUT2D eigenvalue weighted by molar-refractivity contribution is 0.437. The fourth-order valence-electron chi connectivity index (χ4n) is 10.6. The summed E-state index contributed by atoms with van der Waals surface area (Å²) in [6.45, 7) is 0. The minimum absolute atomic E-state index is 0.549. The van der Waals surface area contributed by atoms with Gasteiger partial charge in [-0.25, -0.2) is 0 Å². The summed E-state index contributed by atoms with van der Waals surface area (Å²) in [4.78, 5) is 0. The second-order valence-corrected chi connectivity index (χ2v) is 15.1. The Balaban J connectivity index is 1.19. The van der Waals surface area contributed by atoms with Crippen LogP contribution in [-0.4, -0.2) is 0 Å². The summed E-state index contributed by atoms with van der Waals surface area (Å²) in [5.41, 5.74) is 16.5. The fourth-order valence-corrected chi connectivity index (χ4v) is 10.6. The second-order valence-electron chi connectivity index (χ2n) is 15.1. The van der Waals surface area contributed by atoms with Gasteiger partial charge in [-0.15, -0.1) is 0 Å². The first kappa shape index (κ1) is 30.5. The first-order valence-corrected chi connectivity index (χ1v) is 19.2. The fraction of sp³-hybridized carbons (Fsp3) is 0.0370. The third kappa shape index (κ3) is 3.87. The summed E-state index contributed by atoms with van der Waals surface area (Å²) in [7, 11) is 0. The molecule has 0 aromatic heterocycles. The molecule has 0 radical (unpaired) electrons. The SMILES string of the molecule is c1ccc(C2(c3cccc(-c4cccc5c4C4(c6ccccc6O5)c5ccccc5-c5ccccc54)c3)c3ccccc3-c3ccc4ccccc4c32)cc1. The number of hydrogen-bond acceptors (Lipinski definition) is 1. The van der Waals surface area contributed by atoms with E-state index in [4.69, 9.17) is 4.74 Å². The van der Waals surface area contributed by atoms with Crippen molar-refractivity contribution in [3.8, 4) is 44.9 Å². The molecule has 3 aliphatic rings. The molecular weight excluding hydrogens is 665 g/mol. The van der Waals surface area contributed by atoms with E-state index in [1.165, 1.54) is 88.7 Å². The van der Waals surface area contributed by atoms with Crippen LogP contribution in [0.1, 0.15) is 44.5 Å². The Kier molecular flexibility index (Phi) is 6.25. The van der Waals surface area contributed by atoms with Crippen molar-refractivity contribution < 1.29 is 4.74 Å². The van der Waals surface area contributed by atoms with E-state index in [0.717, 1.165) is 11.5 Å². The summed E-state index contributed by atoms with van der Waals surface area (Å²) in [5, 5.41) is 2.53. The average molecular weight is 699 g/mol. The summed E-state index contributed by atoms with van der Waals surface area (Å²) >= 11 is 0. The molecule has 9 aromatic carbocycles. The zero-order valence-electron chi connectivity index (χ0n) is 30.0. The minimum Gasteiger partial charge on any atom is -0.457 e. The van der Waals surface area contributed by atoms with E-state index in [9.17, 15) is 0 Å². The highest BCUT2D eigenvalue weighted by molar-refractivity contribution is 6.00. The molecule has 0 saturated heterocycles. The predicted octanol–water partition coefficient (Wildman–Crippen LogP) is 13.3. The molecule has 9 aromatic rings. The van der Waals surface area contributed by atoms with Gasteiger partial charge in [-0.05, 0) is 95.7 Å². The molecule has 12 rings (SSSR count). The number of rotatable bonds is 3. The molecule has 2 aliphatic carbocycles. The summed E-state index contributed by atoms with van der Waals surface area (Å²) in [5.74, 6) is 1.80. The molecular formula is C54H34O. The van der Waals surface area contributed by atoms with Gasteiger partial charge in [0.25, 0.3) is 0 Å². The topological polar surface area (TPSA) is 9.23 Å². The number of para-hydroxylation sites is 1. The molecule has 1 spiro atoms. The molecule has 0 fully saturated rings. The van der Waals surface area contributed by atoms with E-state index < -0.39 is 10.8 Å². The highest BCUT2D eigenvalue weighted by atomic mass is 16.5. The van der Waals surface area contributed by atoms with Crippen LogP contribution in [0.4, 0.5) is 0 Å². The van der Waals surface area contributed by atoms with Gasteiger partial charge in [-0.2, -0.15) is 0 Å². The van der Waals surface area contributed by atoms with E-state index in [2.05, 4.69) is 206 Å². The number of hydrogen-bond donors (Lipinski definition) is 0. The lowest BCUT2D eigenvalue weighted by Crippen LogP contribution is -2.33. The van der Waals surface area contributed by atoms with Crippen molar-refractivity contribution >= 4 is 10.8 Å². The maximum Gasteiger partial charge on any atom is 0.132 e. The molecule has 55 heavy (non-hydrogen) atoms. The van der Waals surface area contributed by atoms with Crippen LogP contribution in [0.3, 0.4) is 0 Å². The molecule has 1 heteroatoms. The zero-order chi connectivity index (χ0) is 36.1. The average Bonchev–Trinajstić information content (AvgIpc) is 3.73. The van der Waals surface area contributed by atoms with Crippen LogP contribution in [0.5, 0.6) is 11.5 Å². The molecule has 256 valence electrons. The van der Waals surface area contributed by atoms with Gasteiger partial charge >= 0.3 is 0 Å². The van der Waals surface area contributed by atoms with Crippen molar-refractivity contribution in [3.63, 3.8) is 0 Å². The Bertz CT molecular complexity index is 2980. The van der Waals surface area contributed by atoms with Crippen LogP contribution >= 0.6 is 0 Å². The highest BCUT2D eigenvalue weighted by Gasteiger charge is 2.52. The number of benzene rings is 9. The van der Waals surface area contributed by atoms with Gasteiger partial charge in [0.05, 0.1) is 10.8 Å². The summed E-state index contributed by atoms with van der Waals surface area (Å²) < 4.78 is 6.92. The molecule has 0 amide bonds. The number of ether oxygens (including phenoxy) is 1. The third-order valence-corrected chi connectivity index (χ3v) is 12.6. The van der Waals surface area contributed by atoms with Crippen molar-refractivity contribution in [1.29, 1.82) is 0 Å². The van der Waals surface area contributed by atoms with E-state index in [-0.39, 0.29) is 0 Å². The Morgan fingerprint density at radius 3 is 1.62 bits per heavy atom. The smallest absolute Gasteiger partial charge is 0.132 e. The Morgan fingerprint density at radius 1 is 0.309 bits per heavy atom. The third-order valence-electron chi connectivity index (χ3n) is 12.6. The quantitative estimate of drug-likeness (QED) is 0.178. The van der Waals surface area contributed by atoms with Crippen LogP contribution in [0.25, 0.3) is 44.2 Å². The lowest BCUT2D eigenvalue weighted by atomic mass is 9.63. The van der Waals surface area contributed by atoms with Crippen LogP contribution in [0, 0.1) is 0 Å². The summed E-state index contributed by atoms with van der Waals surface area (Å²) in [6, 6.07) is 76.3. The minimum atomic E-state index is -0.566. The predicted molar refractivity (Wildman–Crippen MR) is 224 cm³/mol. The van der Waals surface area contributed by atoms with Crippen molar-refractivity contribution in [2.24, 2.45) is 0 Å². The molecule has 1 unspecified atom stereocenters. The van der Waals surface area contributed by atoms with Crippen LogP contribution in [0.15, 0.2) is 206 Å². The van der Waals surface area contributed by atoms with E-state index in [1.807, 2.05) is 0 Å². The summed E-state index contributed by atoms with van der Waals surface area (Å²) in [6.07, 6.45) is 0. The molecule has 1 atom stereocenters. The van der Waals surface area contributed by atoms with Crippen molar-refractivity contribution in [2.75, 3.05) is 0 Å². The monoisotopic (exact) mass is 698 g/mol. The Morgan fingerprint density at radius 2 is 0.855 bits per heavy atom. The van der Waals surface area contributed by atoms with Gasteiger partial charge in [-0.3, -0.25) is 0 Å². The maximum absolute atomic E-state index is 6.92. The van der Waals surface area contributed by atoms with Crippen LogP contribution in [-0.2, 0) is 10.8 Å². The number of fused-ring (bicyclic) bond motifs is 14. The van der Waals surface area contributed by atoms with Gasteiger partial charge in [0, 0.05) is 11.1 Å². The molecule has 1 heterocycles. The molecule has 0 bridgehead atoms. The molecule has 0 saturated carbocycles. The Hall–Kier alpha value is -6.96.